The molecule has 0 spiro atoms. The van der Waals surface area contributed by atoms with Crippen LogP contribution in [0.2, 0.25) is 0 Å². The van der Waals surface area contributed by atoms with Crippen LogP contribution in [-0.4, -0.2) is 10.2 Å². The molecule has 5 heteroatoms. The van der Waals surface area contributed by atoms with Crippen LogP contribution in [0.15, 0.2) is 52.7 Å². The number of aromatic nitrogens is 2. The fourth-order valence-corrected chi connectivity index (χ4v) is 1.58. The highest BCUT2D eigenvalue weighted by molar-refractivity contribution is 5.86. The van der Waals surface area contributed by atoms with Crippen LogP contribution in [0.5, 0.6) is 0 Å². The van der Waals surface area contributed by atoms with Gasteiger partial charge in [0.15, 0.2) is 5.82 Å². The van der Waals surface area contributed by atoms with Crippen LogP contribution in [0, 0.1) is 0 Å². The average Bonchev–Trinajstić information content (AvgIpc) is 2.74. The number of para-hydroxylation sites is 1. The summed E-state index contributed by atoms with van der Waals surface area (Å²) < 4.78 is 0. The molecule has 1 aliphatic heterocycles. The highest BCUT2D eigenvalue weighted by Gasteiger charge is 2.04. The van der Waals surface area contributed by atoms with E-state index in [1.165, 1.54) is 0 Å². The lowest BCUT2D eigenvalue weighted by Gasteiger charge is -2.01. The van der Waals surface area contributed by atoms with Gasteiger partial charge in [-0.15, -0.1) is 5.11 Å². The van der Waals surface area contributed by atoms with E-state index < -0.39 is 0 Å². The third-order valence-corrected chi connectivity index (χ3v) is 2.31. The minimum Gasteiger partial charge on any atom is -0.344 e. The molecule has 1 aliphatic rings. The van der Waals surface area contributed by atoms with Crippen LogP contribution in [0.1, 0.15) is 5.69 Å². The minimum atomic E-state index is 0.680. The summed E-state index contributed by atoms with van der Waals surface area (Å²) in [6.07, 6.45) is 5.18. The number of benzene rings is 1. The number of azo groups is 1. The molecule has 1 aromatic heterocycles. The first-order valence-electron chi connectivity index (χ1n) is 4.91. The number of nitrogens with zero attached hydrogens (tertiary/aromatic N) is 3. The molecule has 0 bridgehead atoms. The second-order valence-corrected chi connectivity index (χ2v) is 3.36. The Hall–Kier alpha value is -2.43. The number of rotatable bonds is 1. The van der Waals surface area contributed by atoms with Gasteiger partial charge in [0.2, 0.25) is 0 Å². The molecule has 3 rings (SSSR count). The van der Waals surface area contributed by atoms with Crippen molar-refractivity contribution < 1.29 is 0 Å². The molecule has 0 amide bonds. The molecule has 0 saturated carbocycles. The van der Waals surface area contributed by atoms with E-state index in [1.807, 2.05) is 30.3 Å². The van der Waals surface area contributed by atoms with Crippen LogP contribution >= 0.6 is 0 Å². The normalized spacial score (nSPS) is 16.9. The Morgan fingerprint density at radius 2 is 2.12 bits per heavy atom. The van der Waals surface area contributed by atoms with Gasteiger partial charge < -0.3 is 5.32 Å². The number of H-pyrrole nitrogens is 1. The molecular formula is C11H9N5. The SMILES string of the molecule is C1=CNC(=Cc2n[nH]c3ccccc23)N=N1. The predicted molar refractivity (Wildman–Crippen MR) is 61.2 cm³/mol. The Labute approximate surface area is 91.6 Å². The minimum absolute atomic E-state index is 0.680. The number of hydrogen-bond acceptors (Lipinski definition) is 4. The van der Waals surface area contributed by atoms with Crippen molar-refractivity contribution in [2.45, 2.75) is 0 Å². The molecule has 0 atom stereocenters. The second kappa shape index (κ2) is 3.62. The van der Waals surface area contributed by atoms with E-state index in [-0.39, 0.29) is 0 Å². The Kier molecular flexibility index (Phi) is 2.00. The van der Waals surface area contributed by atoms with Crippen molar-refractivity contribution in [1.29, 1.82) is 0 Å². The number of aromatic amines is 1. The molecule has 0 unspecified atom stereocenters. The largest absolute Gasteiger partial charge is 0.344 e. The highest BCUT2D eigenvalue weighted by Crippen LogP contribution is 2.17. The smallest absolute Gasteiger partial charge is 0.154 e. The Bertz CT molecular complexity index is 606. The van der Waals surface area contributed by atoms with Gasteiger partial charge >= 0.3 is 0 Å². The standard InChI is InChI=1S/C11H9N5/c1-2-4-9-8(3-1)10(15-14-9)7-11-12-5-6-13-16-11/h1-7,12H,(H,14,15). The van der Waals surface area contributed by atoms with Gasteiger partial charge in [-0.25, -0.2) is 0 Å². The van der Waals surface area contributed by atoms with Crippen molar-refractivity contribution in [2.24, 2.45) is 10.2 Å². The Morgan fingerprint density at radius 3 is 3.00 bits per heavy atom. The van der Waals surface area contributed by atoms with Gasteiger partial charge in [-0.2, -0.15) is 10.2 Å². The zero-order valence-corrected chi connectivity index (χ0v) is 8.38. The summed E-state index contributed by atoms with van der Waals surface area (Å²) in [5.41, 5.74) is 1.87. The van der Waals surface area contributed by atoms with Crippen molar-refractivity contribution in [2.75, 3.05) is 0 Å². The molecule has 78 valence electrons. The van der Waals surface area contributed by atoms with Crippen LogP contribution in [-0.2, 0) is 0 Å². The highest BCUT2D eigenvalue weighted by atomic mass is 15.2. The van der Waals surface area contributed by atoms with Crippen LogP contribution < -0.4 is 5.32 Å². The Morgan fingerprint density at radius 1 is 1.19 bits per heavy atom. The van der Waals surface area contributed by atoms with Crippen molar-refractivity contribution in [3.8, 4) is 0 Å². The van der Waals surface area contributed by atoms with Gasteiger partial charge in [0.05, 0.1) is 17.4 Å². The third-order valence-electron chi connectivity index (χ3n) is 2.31. The topological polar surface area (TPSA) is 65.4 Å². The number of hydrogen-bond donors (Lipinski definition) is 2. The fraction of sp³-hybridized carbons (Fsp3) is 0. The van der Waals surface area contributed by atoms with Gasteiger partial charge in [0.1, 0.15) is 0 Å². The molecule has 5 nitrogen and oxygen atoms in total. The molecule has 0 saturated heterocycles. The van der Waals surface area contributed by atoms with Crippen LogP contribution in [0.25, 0.3) is 17.0 Å². The summed E-state index contributed by atoms with van der Waals surface area (Å²) in [6.45, 7) is 0. The van der Waals surface area contributed by atoms with Crippen LogP contribution in [0.3, 0.4) is 0 Å². The molecule has 1 aromatic carbocycles. The summed E-state index contributed by atoms with van der Waals surface area (Å²) in [5, 5.41) is 19.0. The van der Waals surface area contributed by atoms with Crippen molar-refractivity contribution in [1.82, 2.24) is 15.5 Å². The second-order valence-electron chi connectivity index (χ2n) is 3.36. The fourth-order valence-electron chi connectivity index (χ4n) is 1.58. The molecule has 2 heterocycles. The van der Waals surface area contributed by atoms with Crippen molar-refractivity contribution >= 4 is 17.0 Å². The van der Waals surface area contributed by atoms with E-state index in [0.29, 0.717) is 5.82 Å². The number of fused-ring (bicyclic) bond motifs is 1. The van der Waals surface area contributed by atoms with Gasteiger partial charge in [0.25, 0.3) is 0 Å². The average molecular weight is 211 g/mol. The maximum atomic E-state index is 4.22. The monoisotopic (exact) mass is 211 g/mol. The van der Waals surface area contributed by atoms with E-state index >= 15 is 0 Å². The first kappa shape index (κ1) is 8.84. The quantitative estimate of drug-likeness (QED) is 0.760. The molecule has 0 fully saturated rings. The zero-order chi connectivity index (χ0) is 10.8. The van der Waals surface area contributed by atoms with E-state index in [4.69, 9.17) is 0 Å². The first-order chi connectivity index (χ1) is 7.93. The zero-order valence-electron chi connectivity index (χ0n) is 8.38. The van der Waals surface area contributed by atoms with Gasteiger partial charge in [0, 0.05) is 17.7 Å². The lowest BCUT2D eigenvalue weighted by atomic mass is 10.2. The van der Waals surface area contributed by atoms with E-state index in [0.717, 1.165) is 16.6 Å². The Balaban J connectivity index is 2.07. The van der Waals surface area contributed by atoms with Crippen molar-refractivity contribution in [3.63, 3.8) is 0 Å². The molecule has 0 aliphatic carbocycles. The lowest BCUT2D eigenvalue weighted by Crippen LogP contribution is -2.03. The summed E-state index contributed by atoms with van der Waals surface area (Å²) in [6, 6.07) is 7.95. The van der Waals surface area contributed by atoms with Crippen molar-refractivity contribution in [3.05, 3.63) is 48.2 Å². The third kappa shape index (κ3) is 1.48. The molecular weight excluding hydrogens is 202 g/mol. The maximum absolute atomic E-state index is 4.22. The van der Waals surface area contributed by atoms with E-state index in [2.05, 4.69) is 25.7 Å². The summed E-state index contributed by atoms with van der Waals surface area (Å²) in [7, 11) is 0. The molecule has 2 N–H and O–H groups in total. The lowest BCUT2D eigenvalue weighted by molar-refractivity contribution is 0.932. The predicted octanol–water partition coefficient (Wildman–Crippen LogP) is 2.39. The van der Waals surface area contributed by atoms with E-state index in [1.54, 1.807) is 12.4 Å². The number of nitrogens with one attached hydrogen (secondary N) is 2. The summed E-state index contributed by atoms with van der Waals surface area (Å²) in [4.78, 5) is 0. The maximum Gasteiger partial charge on any atom is 0.154 e. The molecule has 2 aromatic rings. The van der Waals surface area contributed by atoms with E-state index in [9.17, 15) is 0 Å². The van der Waals surface area contributed by atoms with Crippen LogP contribution in [0.4, 0.5) is 0 Å². The van der Waals surface area contributed by atoms with Gasteiger partial charge in [-0.3, -0.25) is 5.10 Å². The van der Waals surface area contributed by atoms with Gasteiger partial charge in [-0.1, -0.05) is 18.2 Å². The van der Waals surface area contributed by atoms with Gasteiger partial charge in [-0.05, 0) is 6.07 Å². The summed E-state index contributed by atoms with van der Waals surface area (Å²) >= 11 is 0. The summed E-state index contributed by atoms with van der Waals surface area (Å²) in [5.74, 6) is 0.680. The molecule has 0 radical (unpaired) electrons. The first-order valence-corrected chi connectivity index (χ1v) is 4.91. The molecule has 16 heavy (non-hydrogen) atoms.